The summed E-state index contributed by atoms with van der Waals surface area (Å²) >= 11 is 0. The molecule has 1 aliphatic heterocycles. The Morgan fingerprint density at radius 2 is 2.19 bits per heavy atom. The molecular weight excluding hydrogens is 270 g/mol. The highest BCUT2D eigenvalue weighted by molar-refractivity contribution is 5.97. The van der Waals surface area contributed by atoms with Gasteiger partial charge in [-0.15, -0.1) is 0 Å². The minimum absolute atomic E-state index is 0.00468. The van der Waals surface area contributed by atoms with Gasteiger partial charge in [0, 0.05) is 25.3 Å². The lowest BCUT2D eigenvalue weighted by atomic mass is 10.1. The summed E-state index contributed by atoms with van der Waals surface area (Å²) in [6.45, 7) is 0.939. The lowest BCUT2D eigenvalue weighted by Crippen LogP contribution is -2.35. The molecule has 0 saturated carbocycles. The first-order valence-electron chi connectivity index (χ1n) is 7.35. The molecule has 1 heterocycles. The molecule has 0 aromatic heterocycles. The van der Waals surface area contributed by atoms with E-state index in [0.717, 1.165) is 32.2 Å². The Morgan fingerprint density at radius 1 is 1.38 bits per heavy atom. The molecule has 0 radical (unpaired) electrons. The minimum Gasteiger partial charge on any atom is -0.497 e. The number of aliphatic hydroxyl groups is 1. The first-order valence-corrected chi connectivity index (χ1v) is 7.35. The van der Waals surface area contributed by atoms with Gasteiger partial charge in [0.15, 0.2) is 0 Å². The quantitative estimate of drug-likeness (QED) is 0.872. The third-order valence-corrected chi connectivity index (χ3v) is 3.97. The zero-order valence-electron chi connectivity index (χ0n) is 12.7. The highest BCUT2D eigenvalue weighted by atomic mass is 16.5. The normalized spacial score (nSPS) is 17.9. The van der Waals surface area contributed by atoms with Crippen molar-refractivity contribution in [2.45, 2.75) is 31.7 Å². The second-order valence-corrected chi connectivity index (χ2v) is 5.23. The molecule has 1 aromatic rings. The summed E-state index contributed by atoms with van der Waals surface area (Å²) in [5.41, 5.74) is 0.564. The van der Waals surface area contributed by atoms with Crippen molar-refractivity contribution >= 4 is 5.91 Å². The Hall–Kier alpha value is -1.75. The predicted octanol–water partition coefficient (Wildman–Crippen LogP) is 2.08. The average molecular weight is 293 g/mol. The fourth-order valence-corrected chi connectivity index (χ4v) is 2.86. The van der Waals surface area contributed by atoms with E-state index in [1.165, 1.54) is 0 Å². The first-order chi connectivity index (χ1) is 10.2. The van der Waals surface area contributed by atoms with E-state index in [4.69, 9.17) is 14.6 Å². The minimum atomic E-state index is -0.00468. The molecule has 1 atom stereocenters. The number of hydrogen-bond acceptors (Lipinski definition) is 4. The number of ether oxygens (including phenoxy) is 2. The lowest BCUT2D eigenvalue weighted by molar-refractivity contribution is 0.0721. The molecule has 0 bridgehead atoms. The summed E-state index contributed by atoms with van der Waals surface area (Å²) in [6, 6.07) is 5.47. The summed E-state index contributed by atoms with van der Waals surface area (Å²) in [6.07, 6.45) is 3.60. The molecule has 0 aliphatic carbocycles. The zero-order chi connectivity index (χ0) is 15.2. The molecule has 1 fully saturated rings. The Balaban J connectivity index is 2.18. The second-order valence-electron chi connectivity index (χ2n) is 5.23. The third-order valence-electron chi connectivity index (χ3n) is 3.97. The van der Waals surface area contributed by atoms with E-state index in [1.807, 2.05) is 4.90 Å². The van der Waals surface area contributed by atoms with Gasteiger partial charge in [0.05, 0.1) is 19.8 Å². The Kier molecular flexibility index (Phi) is 5.44. The molecule has 0 spiro atoms. The van der Waals surface area contributed by atoms with Gasteiger partial charge in [0.25, 0.3) is 5.91 Å². The van der Waals surface area contributed by atoms with Crippen molar-refractivity contribution in [2.75, 3.05) is 27.4 Å². The van der Waals surface area contributed by atoms with Crippen LogP contribution in [0.4, 0.5) is 0 Å². The highest BCUT2D eigenvalue weighted by Crippen LogP contribution is 2.29. The van der Waals surface area contributed by atoms with Crippen LogP contribution in [-0.4, -0.2) is 49.3 Å². The van der Waals surface area contributed by atoms with Gasteiger partial charge in [-0.05, 0) is 37.8 Å². The van der Waals surface area contributed by atoms with Crippen LogP contribution < -0.4 is 9.47 Å². The summed E-state index contributed by atoms with van der Waals surface area (Å²) in [4.78, 5) is 14.6. The van der Waals surface area contributed by atoms with E-state index < -0.39 is 0 Å². The fraction of sp³-hybridized carbons (Fsp3) is 0.562. The number of rotatable bonds is 6. The van der Waals surface area contributed by atoms with Crippen molar-refractivity contribution in [3.8, 4) is 11.5 Å². The average Bonchev–Trinajstić information content (AvgIpc) is 2.99. The van der Waals surface area contributed by atoms with Crippen LogP contribution in [0.3, 0.4) is 0 Å². The molecule has 1 aromatic carbocycles. The van der Waals surface area contributed by atoms with E-state index in [9.17, 15) is 4.79 Å². The zero-order valence-corrected chi connectivity index (χ0v) is 12.7. The van der Waals surface area contributed by atoms with E-state index in [1.54, 1.807) is 32.4 Å². The molecule has 1 N–H and O–H groups in total. The molecule has 5 heteroatoms. The number of hydrogen-bond donors (Lipinski definition) is 1. The van der Waals surface area contributed by atoms with Gasteiger partial charge in [-0.2, -0.15) is 0 Å². The standard InChI is InChI=1S/C16H23NO4/c1-20-13-7-8-14(15(11-13)21-2)16(19)17-9-3-5-12(17)6-4-10-18/h7-8,11-12,18H,3-6,9-10H2,1-2H3. The van der Waals surface area contributed by atoms with E-state index in [-0.39, 0.29) is 18.6 Å². The predicted molar refractivity (Wildman–Crippen MR) is 79.9 cm³/mol. The molecular formula is C16H23NO4. The number of benzene rings is 1. The maximum absolute atomic E-state index is 12.7. The summed E-state index contributed by atoms with van der Waals surface area (Å²) in [5.74, 6) is 1.20. The monoisotopic (exact) mass is 293 g/mol. The van der Waals surface area contributed by atoms with Gasteiger partial charge in [-0.1, -0.05) is 0 Å². The van der Waals surface area contributed by atoms with E-state index in [0.29, 0.717) is 17.1 Å². The number of carbonyl (C=O) groups is 1. The van der Waals surface area contributed by atoms with Crippen LogP contribution in [0.25, 0.3) is 0 Å². The van der Waals surface area contributed by atoms with Gasteiger partial charge >= 0.3 is 0 Å². The maximum Gasteiger partial charge on any atom is 0.257 e. The number of nitrogens with zero attached hydrogens (tertiary/aromatic N) is 1. The molecule has 5 nitrogen and oxygen atoms in total. The Morgan fingerprint density at radius 3 is 2.86 bits per heavy atom. The Bertz CT molecular complexity index is 489. The lowest BCUT2D eigenvalue weighted by Gasteiger charge is -2.25. The Labute approximate surface area is 125 Å². The van der Waals surface area contributed by atoms with Gasteiger partial charge in [0.2, 0.25) is 0 Å². The number of aliphatic hydroxyl groups excluding tert-OH is 1. The van der Waals surface area contributed by atoms with E-state index >= 15 is 0 Å². The van der Waals surface area contributed by atoms with Crippen LogP contribution >= 0.6 is 0 Å². The van der Waals surface area contributed by atoms with Crippen LogP contribution in [0.5, 0.6) is 11.5 Å². The van der Waals surface area contributed by atoms with Gasteiger partial charge < -0.3 is 19.5 Å². The smallest absolute Gasteiger partial charge is 0.257 e. The third kappa shape index (κ3) is 3.47. The summed E-state index contributed by atoms with van der Waals surface area (Å²) in [7, 11) is 3.14. The number of methoxy groups -OCH3 is 2. The summed E-state index contributed by atoms with van der Waals surface area (Å²) < 4.78 is 10.5. The van der Waals surface area contributed by atoms with Crippen molar-refractivity contribution < 1.29 is 19.4 Å². The molecule has 1 amide bonds. The largest absolute Gasteiger partial charge is 0.497 e. The molecule has 2 rings (SSSR count). The highest BCUT2D eigenvalue weighted by Gasteiger charge is 2.30. The van der Waals surface area contributed by atoms with E-state index in [2.05, 4.69) is 0 Å². The SMILES string of the molecule is COc1ccc(C(=O)N2CCCC2CCCO)c(OC)c1. The van der Waals surface area contributed by atoms with Crippen LogP contribution in [0.1, 0.15) is 36.0 Å². The molecule has 21 heavy (non-hydrogen) atoms. The molecule has 1 saturated heterocycles. The van der Waals surface area contributed by atoms with Gasteiger partial charge in [-0.25, -0.2) is 0 Å². The van der Waals surface area contributed by atoms with Crippen LogP contribution in [0, 0.1) is 0 Å². The topological polar surface area (TPSA) is 59.0 Å². The fourth-order valence-electron chi connectivity index (χ4n) is 2.86. The molecule has 1 aliphatic rings. The van der Waals surface area contributed by atoms with Crippen LogP contribution in [0.2, 0.25) is 0 Å². The number of carbonyl (C=O) groups excluding carboxylic acids is 1. The van der Waals surface area contributed by atoms with Crippen LogP contribution in [0.15, 0.2) is 18.2 Å². The molecule has 116 valence electrons. The van der Waals surface area contributed by atoms with Crippen molar-refractivity contribution in [1.29, 1.82) is 0 Å². The summed E-state index contributed by atoms with van der Waals surface area (Å²) in [5, 5.41) is 8.97. The van der Waals surface area contributed by atoms with Crippen molar-refractivity contribution in [1.82, 2.24) is 4.90 Å². The number of amides is 1. The van der Waals surface area contributed by atoms with Gasteiger partial charge in [0.1, 0.15) is 11.5 Å². The van der Waals surface area contributed by atoms with Crippen molar-refractivity contribution in [3.63, 3.8) is 0 Å². The second kappa shape index (κ2) is 7.31. The maximum atomic E-state index is 12.7. The van der Waals surface area contributed by atoms with Crippen molar-refractivity contribution in [2.24, 2.45) is 0 Å². The van der Waals surface area contributed by atoms with Crippen molar-refractivity contribution in [3.05, 3.63) is 23.8 Å². The molecule has 1 unspecified atom stereocenters. The number of likely N-dealkylation sites (tertiary alicyclic amines) is 1. The van der Waals surface area contributed by atoms with Crippen LogP contribution in [-0.2, 0) is 0 Å². The first kappa shape index (κ1) is 15.6. The van der Waals surface area contributed by atoms with Gasteiger partial charge in [-0.3, -0.25) is 4.79 Å².